The average molecular weight is 380 g/mol. The Morgan fingerprint density at radius 1 is 1.27 bits per heavy atom. The van der Waals surface area contributed by atoms with Crippen molar-refractivity contribution in [1.82, 2.24) is 9.38 Å². The van der Waals surface area contributed by atoms with Gasteiger partial charge >= 0.3 is 0 Å². The lowest BCUT2D eigenvalue weighted by molar-refractivity contribution is 0.627. The van der Waals surface area contributed by atoms with E-state index in [1.165, 1.54) is 22.6 Å². The van der Waals surface area contributed by atoms with E-state index in [-0.39, 0.29) is 16.4 Å². The summed E-state index contributed by atoms with van der Waals surface area (Å²) in [6.07, 6.45) is 3.21. The number of rotatable bonds is 2. The van der Waals surface area contributed by atoms with Gasteiger partial charge in [0.05, 0.1) is 10.7 Å². The van der Waals surface area contributed by atoms with Gasteiger partial charge in [0.2, 0.25) is 0 Å². The highest BCUT2D eigenvalue weighted by Gasteiger charge is 2.06. The first kappa shape index (κ1) is 14.9. The maximum Gasteiger partial charge on any atom is 0.258 e. The lowest BCUT2D eigenvalue weighted by Gasteiger charge is -2.04. The van der Waals surface area contributed by atoms with E-state index in [1.807, 2.05) is 0 Å². The molecule has 6 heteroatoms. The Hall–Kier alpha value is -1.98. The molecular weight excluding hydrogens is 371 g/mol. The Labute approximate surface area is 138 Å². The van der Waals surface area contributed by atoms with Crippen LogP contribution in [0.5, 0.6) is 0 Å². The van der Waals surface area contributed by atoms with E-state index in [2.05, 4.69) is 20.9 Å². The fraction of sp³-hybridized carbons (Fsp3) is 0. The molecule has 3 nitrogen and oxygen atoms in total. The summed E-state index contributed by atoms with van der Waals surface area (Å²) in [4.78, 5) is 16.5. The van der Waals surface area contributed by atoms with E-state index in [4.69, 9.17) is 11.6 Å². The topological polar surface area (TPSA) is 34.4 Å². The minimum atomic E-state index is -0.352. The van der Waals surface area contributed by atoms with Crippen LogP contribution >= 0.6 is 27.5 Å². The summed E-state index contributed by atoms with van der Waals surface area (Å²) in [7, 11) is 0. The summed E-state index contributed by atoms with van der Waals surface area (Å²) in [5.74, 6) is -0.352. The van der Waals surface area contributed by atoms with Gasteiger partial charge in [-0.05, 0) is 51.8 Å². The summed E-state index contributed by atoms with van der Waals surface area (Å²) in [5.41, 5.74) is 1.18. The zero-order valence-corrected chi connectivity index (χ0v) is 13.5. The highest BCUT2D eigenvalue weighted by molar-refractivity contribution is 9.10. The third-order valence-electron chi connectivity index (χ3n) is 3.01. The summed E-state index contributed by atoms with van der Waals surface area (Å²) in [6.45, 7) is 0. The van der Waals surface area contributed by atoms with Gasteiger partial charge in [0.25, 0.3) is 5.56 Å². The van der Waals surface area contributed by atoms with Crippen LogP contribution in [0, 0.1) is 5.82 Å². The second-order valence-electron chi connectivity index (χ2n) is 4.60. The van der Waals surface area contributed by atoms with Crippen molar-refractivity contribution in [3.63, 3.8) is 0 Å². The first-order valence-electron chi connectivity index (χ1n) is 6.35. The van der Waals surface area contributed by atoms with E-state index < -0.39 is 0 Å². The van der Waals surface area contributed by atoms with Crippen molar-refractivity contribution < 1.29 is 4.39 Å². The maximum absolute atomic E-state index is 13.2. The van der Waals surface area contributed by atoms with Gasteiger partial charge in [-0.1, -0.05) is 23.7 Å². The van der Waals surface area contributed by atoms with Crippen molar-refractivity contribution >= 4 is 44.3 Å². The Morgan fingerprint density at radius 3 is 2.86 bits per heavy atom. The molecule has 0 N–H and O–H groups in total. The monoisotopic (exact) mass is 378 g/mol. The molecule has 2 aromatic heterocycles. The quantitative estimate of drug-likeness (QED) is 0.664. The Bertz CT molecular complexity index is 952. The summed E-state index contributed by atoms with van der Waals surface area (Å²) >= 11 is 9.52. The smallest absolute Gasteiger partial charge is 0.258 e. The molecule has 0 amide bonds. The van der Waals surface area contributed by atoms with Crippen molar-refractivity contribution in [3.05, 3.63) is 80.6 Å². The Balaban J connectivity index is 2.10. The number of pyridine rings is 1. The molecule has 0 saturated heterocycles. The van der Waals surface area contributed by atoms with Crippen molar-refractivity contribution in [2.75, 3.05) is 0 Å². The molecule has 1 aromatic carbocycles. The summed E-state index contributed by atoms with van der Waals surface area (Å²) in [5, 5.41) is 0.271. The molecule has 3 rings (SSSR count). The van der Waals surface area contributed by atoms with E-state index in [0.717, 1.165) is 4.47 Å². The van der Waals surface area contributed by atoms with Gasteiger partial charge in [-0.15, -0.1) is 0 Å². The van der Waals surface area contributed by atoms with E-state index >= 15 is 0 Å². The van der Waals surface area contributed by atoms with Gasteiger partial charge < -0.3 is 0 Å². The molecule has 0 fully saturated rings. The highest BCUT2D eigenvalue weighted by Crippen LogP contribution is 2.21. The molecule has 0 atom stereocenters. The van der Waals surface area contributed by atoms with Gasteiger partial charge in [-0.25, -0.2) is 9.37 Å². The van der Waals surface area contributed by atoms with Crippen LogP contribution in [0.2, 0.25) is 0 Å². The van der Waals surface area contributed by atoms with Crippen LogP contribution in [0.4, 0.5) is 4.39 Å². The zero-order chi connectivity index (χ0) is 15.7. The van der Waals surface area contributed by atoms with Crippen LogP contribution in [0.1, 0.15) is 11.3 Å². The third kappa shape index (κ3) is 3.10. The predicted molar refractivity (Wildman–Crippen MR) is 89.3 cm³/mol. The molecular formula is C16H9BrClFN2O. The number of hydrogen-bond donors (Lipinski definition) is 0. The summed E-state index contributed by atoms with van der Waals surface area (Å²) < 4.78 is 15.4. The number of halogens is 3. The van der Waals surface area contributed by atoms with Crippen molar-refractivity contribution in [1.29, 1.82) is 0 Å². The molecule has 3 aromatic rings. The molecule has 22 heavy (non-hydrogen) atoms. The fourth-order valence-electron chi connectivity index (χ4n) is 2.02. The minimum Gasteiger partial charge on any atom is -0.269 e. The number of aromatic nitrogens is 2. The molecule has 2 heterocycles. The van der Waals surface area contributed by atoms with Gasteiger partial charge in [-0.2, -0.15) is 0 Å². The molecule has 110 valence electrons. The summed E-state index contributed by atoms with van der Waals surface area (Å²) in [6, 6.07) is 10.9. The Morgan fingerprint density at radius 2 is 2.09 bits per heavy atom. The lowest BCUT2D eigenvalue weighted by atomic mass is 10.2. The molecule has 0 unspecified atom stereocenters. The fourth-order valence-corrected chi connectivity index (χ4v) is 2.58. The average Bonchev–Trinajstić information content (AvgIpc) is 2.48. The molecule has 0 aliphatic rings. The van der Waals surface area contributed by atoms with Crippen LogP contribution in [0.3, 0.4) is 0 Å². The lowest BCUT2D eigenvalue weighted by Crippen LogP contribution is -2.14. The van der Waals surface area contributed by atoms with Gasteiger partial charge in [0, 0.05) is 16.7 Å². The third-order valence-corrected chi connectivity index (χ3v) is 3.78. The number of benzene rings is 1. The predicted octanol–water partition coefficient (Wildman–Crippen LogP) is 4.33. The van der Waals surface area contributed by atoms with Gasteiger partial charge in [0.15, 0.2) is 0 Å². The van der Waals surface area contributed by atoms with Crippen molar-refractivity contribution in [2.24, 2.45) is 0 Å². The van der Waals surface area contributed by atoms with Crippen molar-refractivity contribution in [2.45, 2.75) is 0 Å². The second kappa shape index (κ2) is 6.02. The largest absolute Gasteiger partial charge is 0.269 e. The number of hydrogen-bond acceptors (Lipinski definition) is 2. The Kier molecular flexibility index (Phi) is 4.09. The van der Waals surface area contributed by atoms with E-state index in [9.17, 15) is 9.18 Å². The van der Waals surface area contributed by atoms with Crippen LogP contribution < -0.4 is 5.56 Å². The standard InChI is InChI=1S/C16H9BrClFN2O/c17-11-4-5-15-20-14(8-16(22)21(15)9-11)13(18)7-10-2-1-3-12(19)6-10/h1-9H/b13-7-. The molecule has 0 radical (unpaired) electrons. The SMILES string of the molecule is O=c1cc(/C(Cl)=C/c2cccc(F)c2)nc2ccc(Br)cn12. The molecule has 0 aliphatic carbocycles. The van der Waals surface area contributed by atoms with Crippen LogP contribution in [0.25, 0.3) is 16.8 Å². The normalized spacial score (nSPS) is 11.9. The van der Waals surface area contributed by atoms with Crippen LogP contribution in [-0.4, -0.2) is 9.38 Å². The first-order valence-corrected chi connectivity index (χ1v) is 7.52. The molecule has 0 bridgehead atoms. The molecule has 0 saturated carbocycles. The van der Waals surface area contributed by atoms with E-state index in [1.54, 1.807) is 36.5 Å². The first-order chi connectivity index (χ1) is 10.5. The van der Waals surface area contributed by atoms with Gasteiger partial charge in [-0.3, -0.25) is 9.20 Å². The molecule has 0 spiro atoms. The minimum absolute atomic E-state index is 0.243. The van der Waals surface area contributed by atoms with Crippen molar-refractivity contribution in [3.8, 4) is 0 Å². The number of nitrogens with zero attached hydrogens (tertiary/aromatic N) is 2. The molecule has 0 aliphatic heterocycles. The number of fused-ring (bicyclic) bond motifs is 1. The maximum atomic E-state index is 13.2. The van der Waals surface area contributed by atoms with Crippen LogP contribution in [-0.2, 0) is 0 Å². The van der Waals surface area contributed by atoms with E-state index in [0.29, 0.717) is 16.9 Å². The van der Waals surface area contributed by atoms with Crippen LogP contribution in [0.15, 0.2) is 57.9 Å². The zero-order valence-electron chi connectivity index (χ0n) is 11.1. The highest BCUT2D eigenvalue weighted by atomic mass is 79.9. The second-order valence-corrected chi connectivity index (χ2v) is 5.93. The van der Waals surface area contributed by atoms with Gasteiger partial charge in [0.1, 0.15) is 11.5 Å².